The molecule has 0 unspecified atom stereocenters. The van der Waals surface area contributed by atoms with Crippen LogP contribution in [0.4, 0.5) is 0 Å². The van der Waals surface area contributed by atoms with Crippen LogP contribution in [0, 0.1) is 0 Å². The van der Waals surface area contributed by atoms with Crippen LogP contribution in [-0.4, -0.2) is 34.9 Å². The zero-order valence-corrected chi connectivity index (χ0v) is 25.1. The summed E-state index contributed by atoms with van der Waals surface area (Å²) in [7, 11) is 0. The maximum absolute atomic E-state index is 5.00. The molecule has 7 heteroatoms. The van der Waals surface area contributed by atoms with E-state index in [9.17, 15) is 0 Å². The van der Waals surface area contributed by atoms with E-state index in [1.165, 1.54) is 0 Å². The van der Waals surface area contributed by atoms with Gasteiger partial charge < -0.3 is 0 Å². The largest absolute Gasteiger partial charge is 0.253 e. The molecule has 0 saturated heterocycles. The van der Waals surface area contributed by atoms with Gasteiger partial charge in [0.15, 0.2) is 0 Å². The Labute approximate surface area is 266 Å². The highest BCUT2D eigenvalue weighted by Crippen LogP contribution is 2.28. The minimum Gasteiger partial charge on any atom is -0.253 e. The van der Waals surface area contributed by atoms with Gasteiger partial charge in [0.05, 0.1) is 55.9 Å². The molecule has 0 aliphatic carbocycles. The van der Waals surface area contributed by atoms with Crippen LogP contribution < -0.4 is 0 Å². The predicted molar refractivity (Wildman–Crippen MR) is 182 cm³/mol. The van der Waals surface area contributed by atoms with Gasteiger partial charge in [-0.15, -0.1) is 0 Å². The Morgan fingerprint density at radius 3 is 1.48 bits per heavy atom. The van der Waals surface area contributed by atoms with E-state index < -0.39 is 0 Å². The van der Waals surface area contributed by atoms with Gasteiger partial charge in [0.1, 0.15) is 0 Å². The van der Waals surface area contributed by atoms with Gasteiger partial charge in [-0.05, 0) is 91.4 Å². The minimum atomic E-state index is 0.741. The van der Waals surface area contributed by atoms with Crippen molar-refractivity contribution in [1.29, 1.82) is 0 Å². The Kier molecular flexibility index (Phi) is 7.32. The molecule has 4 aromatic carbocycles. The van der Waals surface area contributed by atoms with E-state index in [-0.39, 0.29) is 0 Å². The lowest BCUT2D eigenvalue weighted by Gasteiger charge is -2.09. The summed E-state index contributed by atoms with van der Waals surface area (Å²) in [5.41, 5.74) is 13.5. The zero-order valence-electron chi connectivity index (χ0n) is 25.1. The van der Waals surface area contributed by atoms with E-state index in [0.29, 0.717) is 0 Å². The standard InChI is InChI=1S/C39H29N7/c1-3-12-37-34(10-1)40-23-30(44-37)17-16-29-9-6-14-33(43-29)28-8-5-7-26(21-28)27-15-20-36-39(22-27)46-32(25-42-36)19-18-31-24-41-35-11-2-4-13-38(35)45-31/h1-15,20-25H,16-19H2. The number of nitrogens with zero attached hydrogens (tertiary/aromatic N) is 7. The molecule has 4 heterocycles. The van der Waals surface area contributed by atoms with Gasteiger partial charge in [-0.2, -0.15) is 0 Å². The van der Waals surface area contributed by atoms with Gasteiger partial charge in [0.25, 0.3) is 0 Å². The lowest BCUT2D eigenvalue weighted by atomic mass is 10.0. The summed E-state index contributed by atoms with van der Waals surface area (Å²) >= 11 is 0. The molecule has 0 radical (unpaired) electrons. The molecule has 0 fully saturated rings. The summed E-state index contributed by atoms with van der Waals surface area (Å²) in [6.45, 7) is 0. The van der Waals surface area contributed by atoms with Crippen LogP contribution in [0.15, 0.2) is 128 Å². The highest BCUT2D eigenvalue weighted by Gasteiger charge is 2.09. The molecule has 4 aromatic heterocycles. The van der Waals surface area contributed by atoms with Gasteiger partial charge in [-0.1, -0.05) is 54.6 Å². The second-order valence-corrected chi connectivity index (χ2v) is 11.4. The van der Waals surface area contributed by atoms with Crippen LogP contribution in [-0.2, 0) is 25.7 Å². The SMILES string of the molecule is c1cc(-c2ccc3ncc(CCc4cnc5ccccc5n4)nc3c2)cc(-c2cccc(CCc3cnc4ccccc4n3)n2)c1. The highest BCUT2D eigenvalue weighted by atomic mass is 14.8. The fourth-order valence-electron chi connectivity index (χ4n) is 5.73. The van der Waals surface area contributed by atoms with Crippen LogP contribution >= 0.6 is 0 Å². The molecular formula is C39H29N7. The van der Waals surface area contributed by atoms with Crippen LogP contribution in [0.1, 0.15) is 22.8 Å². The molecule has 0 spiro atoms. The molecule has 220 valence electrons. The number of para-hydroxylation sites is 4. The summed E-state index contributed by atoms with van der Waals surface area (Å²) in [5.74, 6) is 0. The Balaban J connectivity index is 0.993. The van der Waals surface area contributed by atoms with Crippen molar-refractivity contribution in [2.75, 3.05) is 0 Å². The minimum absolute atomic E-state index is 0.741. The van der Waals surface area contributed by atoms with E-state index in [4.69, 9.17) is 24.9 Å². The first-order chi connectivity index (χ1) is 22.7. The number of hydrogen-bond acceptors (Lipinski definition) is 7. The average molecular weight is 596 g/mol. The second-order valence-electron chi connectivity index (χ2n) is 11.4. The van der Waals surface area contributed by atoms with Crippen LogP contribution in [0.5, 0.6) is 0 Å². The summed E-state index contributed by atoms with van der Waals surface area (Å²) in [6, 6.07) is 36.9. The quantitative estimate of drug-likeness (QED) is 0.177. The third-order valence-corrected chi connectivity index (χ3v) is 8.16. The maximum Gasteiger partial charge on any atom is 0.0896 e. The molecule has 0 atom stereocenters. The molecule has 0 N–H and O–H groups in total. The summed E-state index contributed by atoms with van der Waals surface area (Å²) in [6.07, 6.45) is 8.65. The van der Waals surface area contributed by atoms with Crippen LogP contribution in [0.3, 0.4) is 0 Å². The fraction of sp³-hybridized carbons (Fsp3) is 0.103. The first-order valence-corrected chi connectivity index (χ1v) is 15.5. The fourth-order valence-corrected chi connectivity index (χ4v) is 5.73. The number of rotatable bonds is 8. The number of aryl methyl sites for hydroxylation is 4. The highest BCUT2D eigenvalue weighted by molar-refractivity contribution is 5.82. The maximum atomic E-state index is 5.00. The third-order valence-electron chi connectivity index (χ3n) is 8.16. The Morgan fingerprint density at radius 2 is 0.826 bits per heavy atom. The third kappa shape index (κ3) is 5.90. The second kappa shape index (κ2) is 12.2. The zero-order chi connectivity index (χ0) is 30.7. The first-order valence-electron chi connectivity index (χ1n) is 15.5. The number of fused-ring (bicyclic) bond motifs is 3. The monoisotopic (exact) mass is 595 g/mol. The predicted octanol–water partition coefficient (Wildman–Crippen LogP) is 7.82. The molecule has 0 bridgehead atoms. The number of hydrogen-bond donors (Lipinski definition) is 0. The Morgan fingerprint density at radius 1 is 0.326 bits per heavy atom. The molecule has 0 amide bonds. The van der Waals surface area contributed by atoms with Crippen molar-refractivity contribution in [3.63, 3.8) is 0 Å². The van der Waals surface area contributed by atoms with E-state index in [2.05, 4.69) is 64.6 Å². The Bertz CT molecular complexity index is 2350. The van der Waals surface area contributed by atoms with E-state index >= 15 is 0 Å². The van der Waals surface area contributed by atoms with Crippen molar-refractivity contribution in [2.24, 2.45) is 0 Å². The summed E-state index contributed by atoms with van der Waals surface area (Å²) in [4.78, 5) is 33.3. The molecule has 8 aromatic rings. The molecule has 0 aliphatic heterocycles. The molecule has 7 nitrogen and oxygen atoms in total. The number of benzene rings is 4. The molecular weight excluding hydrogens is 566 g/mol. The Hall–Kier alpha value is -5.95. The van der Waals surface area contributed by atoms with Crippen molar-refractivity contribution in [3.05, 3.63) is 151 Å². The average Bonchev–Trinajstić information content (AvgIpc) is 3.13. The van der Waals surface area contributed by atoms with Crippen LogP contribution in [0.25, 0.3) is 55.5 Å². The number of pyridine rings is 1. The van der Waals surface area contributed by atoms with Crippen molar-refractivity contribution in [3.8, 4) is 22.4 Å². The molecule has 46 heavy (non-hydrogen) atoms. The summed E-state index contributed by atoms with van der Waals surface area (Å²) < 4.78 is 0. The van der Waals surface area contributed by atoms with Gasteiger partial charge in [-0.25, -0.2) is 15.0 Å². The number of aromatic nitrogens is 7. The molecule has 0 aliphatic rings. The summed E-state index contributed by atoms with van der Waals surface area (Å²) in [5, 5.41) is 0. The normalized spacial score (nSPS) is 11.4. The van der Waals surface area contributed by atoms with Gasteiger partial charge in [0.2, 0.25) is 0 Å². The molecule has 0 saturated carbocycles. The van der Waals surface area contributed by atoms with Crippen molar-refractivity contribution < 1.29 is 0 Å². The van der Waals surface area contributed by atoms with E-state index in [0.717, 1.165) is 104 Å². The van der Waals surface area contributed by atoms with Gasteiger partial charge >= 0.3 is 0 Å². The van der Waals surface area contributed by atoms with E-state index in [1.807, 2.05) is 73.2 Å². The lowest BCUT2D eigenvalue weighted by Crippen LogP contribution is -1.99. The van der Waals surface area contributed by atoms with Gasteiger partial charge in [-0.3, -0.25) is 19.9 Å². The topological polar surface area (TPSA) is 90.2 Å². The van der Waals surface area contributed by atoms with Crippen molar-refractivity contribution in [2.45, 2.75) is 25.7 Å². The smallest absolute Gasteiger partial charge is 0.0896 e. The lowest BCUT2D eigenvalue weighted by molar-refractivity contribution is 0.878. The van der Waals surface area contributed by atoms with Crippen molar-refractivity contribution in [1.82, 2.24) is 34.9 Å². The van der Waals surface area contributed by atoms with Crippen molar-refractivity contribution >= 4 is 33.1 Å². The molecule has 8 rings (SSSR count). The van der Waals surface area contributed by atoms with E-state index in [1.54, 1.807) is 0 Å². The van der Waals surface area contributed by atoms with Crippen LogP contribution in [0.2, 0.25) is 0 Å². The van der Waals surface area contributed by atoms with Gasteiger partial charge in [0, 0.05) is 29.8 Å². The first kappa shape index (κ1) is 27.6.